The molecule has 0 spiro atoms. The summed E-state index contributed by atoms with van der Waals surface area (Å²) in [5, 5.41) is 5.56. The zero-order valence-corrected chi connectivity index (χ0v) is 2.55. The SMILES string of the molecule is N=N/C=N/N. The van der Waals surface area contributed by atoms with E-state index in [1.165, 1.54) is 0 Å². The summed E-state index contributed by atoms with van der Waals surface area (Å²) in [6.45, 7) is 0. The second kappa shape index (κ2) is 3.07. The Hall–Kier alpha value is -0.930. The topological polar surface area (TPSA) is 74.6 Å². The molecule has 0 aromatic rings. The van der Waals surface area contributed by atoms with Crippen molar-refractivity contribution in [3.8, 4) is 0 Å². The van der Waals surface area contributed by atoms with Gasteiger partial charge >= 0.3 is 0 Å². The summed E-state index contributed by atoms with van der Waals surface area (Å²) in [5.41, 5.74) is 6.00. The highest BCUT2D eigenvalue weighted by atomic mass is 15.2. The lowest BCUT2D eigenvalue weighted by molar-refractivity contribution is 1.17. The first-order valence-electron chi connectivity index (χ1n) is 0.998. The van der Waals surface area contributed by atoms with Gasteiger partial charge in [-0.15, -0.1) is 5.11 Å². The zero-order chi connectivity index (χ0) is 4.12. The van der Waals surface area contributed by atoms with Crippen LogP contribution in [0.25, 0.3) is 0 Å². The maximum Gasteiger partial charge on any atom is 0.156 e. The maximum atomic E-state index is 6.00. The summed E-state index contributed by atoms with van der Waals surface area (Å²) >= 11 is 0. The predicted molar refractivity (Wildman–Crippen MR) is 17.8 cm³/mol. The fourth-order valence-corrected chi connectivity index (χ4v) is 0.0333. The lowest BCUT2D eigenvalue weighted by Crippen LogP contribution is -1.75. The van der Waals surface area contributed by atoms with Crippen LogP contribution in [-0.2, 0) is 0 Å². The Labute approximate surface area is 29.2 Å². The van der Waals surface area contributed by atoms with E-state index in [4.69, 9.17) is 5.53 Å². The molecule has 0 aromatic carbocycles. The third-order valence-corrected chi connectivity index (χ3v) is 0.124. The lowest BCUT2D eigenvalue weighted by atomic mass is 11.4. The third-order valence-electron chi connectivity index (χ3n) is 0.124. The number of hydrazone groups is 1. The van der Waals surface area contributed by atoms with Gasteiger partial charge in [-0.25, -0.2) is 5.53 Å². The van der Waals surface area contributed by atoms with Crippen molar-refractivity contribution in [2.45, 2.75) is 0 Å². The van der Waals surface area contributed by atoms with Crippen molar-refractivity contribution >= 4 is 6.34 Å². The van der Waals surface area contributed by atoms with E-state index >= 15 is 0 Å². The summed E-state index contributed by atoms with van der Waals surface area (Å²) in [6, 6.07) is 0. The lowest BCUT2D eigenvalue weighted by Gasteiger charge is -1.58. The second-order valence-electron chi connectivity index (χ2n) is 0.394. The minimum absolute atomic E-state index is 0.944. The minimum Gasteiger partial charge on any atom is -0.322 e. The number of nitrogens with one attached hydrogen (secondary N) is 1. The van der Waals surface area contributed by atoms with E-state index in [0.29, 0.717) is 0 Å². The molecular weight excluding hydrogens is 68.0 g/mol. The molecule has 3 N–H and O–H groups in total. The normalized spacial score (nSPS) is 8.80. The molecule has 0 fully saturated rings. The fourth-order valence-electron chi connectivity index (χ4n) is 0.0333. The molecule has 0 aliphatic heterocycles. The van der Waals surface area contributed by atoms with Crippen molar-refractivity contribution in [3.05, 3.63) is 0 Å². The minimum atomic E-state index is 0.944. The molecular formula is CH4N4. The van der Waals surface area contributed by atoms with Crippen LogP contribution in [0.5, 0.6) is 0 Å². The Bertz CT molecular complexity index is 45.6. The van der Waals surface area contributed by atoms with Crippen LogP contribution >= 0.6 is 0 Å². The predicted octanol–water partition coefficient (Wildman–Crippen LogP) is -0.0806. The zero-order valence-electron chi connectivity index (χ0n) is 2.55. The molecule has 0 aliphatic carbocycles. The second-order valence-corrected chi connectivity index (χ2v) is 0.394. The van der Waals surface area contributed by atoms with Crippen molar-refractivity contribution < 1.29 is 0 Å². The maximum absolute atomic E-state index is 6.00. The van der Waals surface area contributed by atoms with Crippen LogP contribution in [-0.4, -0.2) is 6.34 Å². The molecule has 0 bridgehead atoms. The molecule has 0 amide bonds. The Morgan fingerprint density at radius 1 is 1.80 bits per heavy atom. The van der Waals surface area contributed by atoms with E-state index in [9.17, 15) is 0 Å². The van der Waals surface area contributed by atoms with E-state index in [0.717, 1.165) is 6.34 Å². The van der Waals surface area contributed by atoms with E-state index in [1.807, 2.05) is 0 Å². The molecule has 5 heavy (non-hydrogen) atoms. The fraction of sp³-hybridized carbons (Fsp3) is 0. The number of nitrogens with two attached hydrogens (primary N) is 1. The highest BCUT2D eigenvalue weighted by Gasteiger charge is 1.43. The molecule has 0 heterocycles. The van der Waals surface area contributed by atoms with E-state index in [2.05, 4.69) is 16.1 Å². The third kappa shape index (κ3) is 3.07. The first kappa shape index (κ1) is 4.07. The number of hydrogen-bond acceptors (Lipinski definition) is 3. The molecule has 0 aliphatic rings. The Morgan fingerprint density at radius 2 is 2.40 bits per heavy atom. The smallest absolute Gasteiger partial charge is 0.156 e. The van der Waals surface area contributed by atoms with Crippen molar-refractivity contribution in [2.75, 3.05) is 0 Å². The quantitative estimate of drug-likeness (QED) is 0.147. The highest BCUT2D eigenvalue weighted by molar-refractivity contribution is 5.52. The van der Waals surface area contributed by atoms with Gasteiger partial charge in [-0.1, -0.05) is 0 Å². The van der Waals surface area contributed by atoms with Crippen LogP contribution in [0.2, 0.25) is 0 Å². The first-order valence-corrected chi connectivity index (χ1v) is 0.998. The highest BCUT2D eigenvalue weighted by Crippen LogP contribution is 1.44. The van der Waals surface area contributed by atoms with Crippen LogP contribution in [0.15, 0.2) is 10.2 Å². The van der Waals surface area contributed by atoms with Crippen molar-refractivity contribution in [1.82, 2.24) is 0 Å². The number of rotatable bonds is 1. The molecule has 0 aromatic heterocycles. The standard InChI is InChI=1S/CH4N4/c2-4-1-5-3/h1-2H,3H2/b4-2?,5-1+. The number of hydrogen-bond donors (Lipinski definition) is 2. The van der Waals surface area contributed by atoms with Crippen LogP contribution in [0, 0.1) is 5.53 Å². The van der Waals surface area contributed by atoms with Gasteiger partial charge in [0.1, 0.15) is 0 Å². The van der Waals surface area contributed by atoms with E-state index < -0.39 is 0 Å². The molecule has 0 atom stereocenters. The Morgan fingerprint density at radius 3 is 2.40 bits per heavy atom. The monoisotopic (exact) mass is 72.0 g/mol. The number of nitrogens with zero attached hydrogens (tertiary/aromatic N) is 2. The van der Waals surface area contributed by atoms with Gasteiger partial charge in [-0.3, -0.25) is 0 Å². The Balaban J connectivity index is 2.92. The summed E-state index contributed by atoms with van der Waals surface area (Å²) in [6.07, 6.45) is 0.944. The summed E-state index contributed by atoms with van der Waals surface area (Å²) in [5.74, 6) is 4.49. The molecule has 4 nitrogen and oxygen atoms in total. The molecule has 0 saturated heterocycles. The molecule has 28 valence electrons. The van der Waals surface area contributed by atoms with Gasteiger partial charge in [0.25, 0.3) is 0 Å². The van der Waals surface area contributed by atoms with Crippen molar-refractivity contribution in [2.24, 2.45) is 16.1 Å². The first-order chi connectivity index (χ1) is 2.41. The van der Waals surface area contributed by atoms with Crippen LogP contribution < -0.4 is 5.84 Å². The van der Waals surface area contributed by atoms with Gasteiger partial charge in [0.05, 0.1) is 0 Å². The molecule has 0 unspecified atom stereocenters. The molecule has 4 heteroatoms. The van der Waals surface area contributed by atoms with Crippen molar-refractivity contribution in [1.29, 1.82) is 5.53 Å². The van der Waals surface area contributed by atoms with Crippen LogP contribution in [0.4, 0.5) is 0 Å². The average molecular weight is 72.1 g/mol. The Kier molecular flexibility index (Phi) is 2.50. The molecule has 0 saturated carbocycles. The van der Waals surface area contributed by atoms with Gasteiger partial charge in [0, 0.05) is 0 Å². The van der Waals surface area contributed by atoms with Crippen LogP contribution in [0.1, 0.15) is 0 Å². The van der Waals surface area contributed by atoms with Crippen LogP contribution in [0.3, 0.4) is 0 Å². The average Bonchev–Trinajstić information content (AvgIpc) is 1.41. The molecule has 0 radical (unpaired) electrons. The van der Waals surface area contributed by atoms with Gasteiger partial charge in [-0.2, -0.15) is 5.10 Å². The summed E-state index contributed by atoms with van der Waals surface area (Å²) in [7, 11) is 0. The van der Waals surface area contributed by atoms with Gasteiger partial charge in [-0.05, 0) is 0 Å². The van der Waals surface area contributed by atoms with Gasteiger partial charge in [0.15, 0.2) is 6.34 Å². The van der Waals surface area contributed by atoms with Gasteiger partial charge in [0.2, 0.25) is 0 Å². The largest absolute Gasteiger partial charge is 0.322 e. The summed E-state index contributed by atoms with van der Waals surface area (Å²) < 4.78 is 0. The molecule has 0 rings (SSSR count). The van der Waals surface area contributed by atoms with E-state index in [1.54, 1.807) is 0 Å². The summed E-state index contributed by atoms with van der Waals surface area (Å²) in [4.78, 5) is 0. The van der Waals surface area contributed by atoms with Gasteiger partial charge < -0.3 is 5.84 Å². The van der Waals surface area contributed by atoms with E-state index in [-0.39, 0.29) is 0 Å². The van der Waals surface area contributed by atoms with Crippen molar-refractivity contribution in [3.63, 3.8) is 0 Å².